The highest BCUT2D eigenvalue weighted by Crippen LogP contribution is 2.37. The molecule has 0 nitrogen and oxygen atoms in total. The molecule has 0 spiro atoms. The van der Waals surface area contributed by atoms with E-state index in [2.05, 4.69) is 77.9 Å². The predicted octanol–water partition coefficient (Wildman–Crippen LogP) is 6.02. The van der Waals surface area contributed by atoms with Crippen molar-refractivity contribution in [3.05, 3.63) is 58.7 Å². The van der Waals surface area contributed by atoms with Gasteiger partial charge >= 0.3 is 0 Å². The van der Waals surface area contributed by atoms with Crippen molar-refractivity contribution in [3.63, 3.8) is 0 Å². The first-order valence-corrected chi connectivity index (χ1v) is 7.54. The Kier molecular flexibility index (Phi) is 4.32. The summed E-state index contributed by atoms with van der Waals surface area (Å²) in [5.74, 6) is 1.02. The molecular formula is C20H25. The molecule has 0 aliphatic rings. The van der Waals surface area contributed by atoms with Crippen molar-refractivity contribution in [3.8, 4) is 11.1 Å². The Morgan fingerprint density at radius 3 is 1.95 bits per heavy atom. The van der Waals surface area contributed by atoms with Gasteiger partial charge in [0, 0.05) is 0 Å². The van der Waals surface area contributed by atoms with Gasteiger partial charge in [0.15, 0.2) is 0 Å². The molecule has 2 aromatic rings. The Morgan fingerprint density at radius 2 is 1.45 bits per heavy atom. The first-order valence-electron chi connectivity index (χ1n) is 7.54. The number of hydrogen-bond donors (Lipinski definition) is 0. The Morgan fingerprint density at radius 1 is 0.850 bits per heavy atom. The highest BCUT2D eigenvalue weighted by Gasteiger charge is 2.17. The van der Waals surface area contributed by atoms with Gasteiger partial charge in [0.25, 0.3) is 0 Å². The van der Waals surface area contributed by atoms with Crippen LogP contribution in [0.5, 0.6) is 0 Å². The van der Waals surface area contributed by atoms with Gasteiger partial charge in [0.05, 0.1) is 0 Å². The van der Waals surface area contributed by atoms with E-state index in [1.165, 1.54) is 33.4 Å². The van der Waals surface area contributed by atoms with Crippen molar-refractivity contribution in [2.75, 3.05) is 0 Å². The van der Waals surface area contributed by atoms with Crippen LogP contribution < -0.4 is 0 Å². The fraction of sp³-hybridized carbons (Fsp3) is 0.400. The average Bonchev–Trinajstić information content (AvgIpc) is 2.37. The SMILES string of the molecule is Cc1cccc(C)c1-c1cc[c]c(C(C)C)c1C(C)C. The summed E-state index contributed by atoms with van der Waals surface area (Å²) in [5, 5.41) is 0. The molecule has 0 heterocycles. The molecule has 1 radical (unpaired) electrons. The smallest absolute Gasteiger partial charge is 0.0122 e. The third-order valence-corrected chi connectivity index (χ3v) is 3.97. The average molecular weight is 265 g/mol. The van der Waals surface area contributed by atoms with E-state index < -0.39 is 0 Å². The van der Waals surface area contributed by atoms with Crippen molar-refractivity contribution in [2.24, 2.45) is 0 Å². The van der Waals surface area contributed by atoms with Crippen LogP contribution in [-0.2, 0) is 0 Å². The zero-order chi connectivity index (χ0) is 14.9. The molecular weight excluding hydrogens is 240 g/mol. The van der Waals surface area contributed by atoms with Gasteiger partial charge in [-0.25, -0.2) is 0 Å². The van der Waals surface area contributed by atoms with Crippen LogP contribution >= 0.6 is 0 Å². The van der Waals surface area contributed by atoms with Crippen molar-refractivity contribution >= 4 is 0 Å². The molecule has 0 atom stereocenters. The zero-order valence-electron chi connectivity index (χ0n) is 13.5. The van der Waals surface area contributed by atoms with Gasteiger partial charge in [-0.2, -0.15) is 0 Å². The molecule has 0 aliphatic carbocycles. The molecule has 105 valence electrons. The highest BCUT2D eigenvalue weighted by molar-refractivity contribution is 5.75. The van der Waals surface area contributed by atoms with Crippen molar-refractivity contribution in [1.29, 1.82) is 0 Å². The van der Waals surface area contributed by atoms with Gasteiger partial charge < -0.3 is 0 Å². The summed E-state index contributed by atoms with van der Waals surface area (Å²) in [7, 11) is 0. The van der Waals surface area contributed by atoms with E-state index >= 15 is 0 Å². The molecule has 0 bridgehead atoms. The fourth-order valence-electron chi connectivity index (χ4n) is 3.08. The monoisotopic (exact) mass is 265 g/mol. The Balaban J connectivity index is 2.78. The molecule has 20 heavy (non-hydrogen) atoms. The number of aryl methyl sites for hydroxylation is 2. The molecule has 0 saturated heterocycles. The van der Waals surface area contributed by atoms with Gasteiger partial charge in [-0.05, 0) is 65.1 Å². The summed E-state index contributed by atoms with van der Waals surface area (Å²) in [6, 6.07) is 14.3. The molecule has 0 unspecified atom stereocenters. The van der Waals surface area contributed by atoms with Crippen LogP contribution in [0.1, 0.15) is 61.8 Å². The van der Waals surface area contributed by atoms with Gasteiger partial charge in [0.1, 0.15) is 0 Å². The van der Waals surface area contributed by atoms with Crippen LogP contribution in [0.2, 0.25) is 0 Å². The summed E-state index contributed by atoms with van der Waals surface area (Å²) < 4.78 is 0. The lowest BCUT2D eigenvalue weighted by atomic mass is 9.82. The minimum Gasteiger partial charge on any atom is -0.0617 e. The first kappa shape index (κ1) is 14.8. The molecule has 0 heteroatoms. The summed E-state index contributed by atoms with van der Waals surface area (Å²) >= 11 is 0. The van der Waals surface area contributed by atoms with Crippen LogP contribution in [0.4, 0.5) is 0 Å². The Labute approximate surface area is 123 Å². The summed E-state index contributed by atoms with van der Waals surface area (Å²) in [6.07, 6.45) is 0. The molecule has 0 aliphatic heterocycles. The second-order valence-corrected chi connectivity index (χ2v) is 6.29. The van der Waals surface area contributed by atoms with Gasteiger partial charge in [-0.15, -0.1) is 0 Å². The molecule has 2 rings (SSSR count). The third-order valence-electron chi connectivity index (χ3n) is 3.97. The number of rotatable bonds is 3. The molecule has 2 aromatic carbocycles. The van der Waals surface area contributed by atoms with Crippen LogP contribution in [0.3, 0.4) is 0 Å². The van der Waals surface area contributed by atoms with Gasteiger partial charge in [0.2, 0.25) is 0 Å². The quantitative estimate of drug-likeness (QED) is 0.636. The number of benzene rings is 2. The lowest BCUT2D eigenvalue weighted by molar-refractivity contribution is 0.790. The summed E-state index contributed by atoms with van der Waals surface area (Å²) in [4.78, 5) is 0. The maximum atomic E-state index is 3.47. The van der Waals surface area contributed by atoms with Gasteiger partial charge in [-0.1, -0.05) is 58.0 Å². The number of hydrogen-bond acceptors (Lipinski definition) is 0. The topological polar surface area (TPSA) is 0 Å². The van der Waals surface area contributed by atoms with E-state index in [1.54, 1.807) is 0 Å². The molecule has 0 amide bonds. The third kappa shape index (κ3) is 2.65. The van der Waals surface area contributed by atoms with Crippen molar-refractivity contribution in [1.82, 2.24) is 0 Å². The Bertz CT molecular complexity index is 583. The minimum absolute atomic E-state index is 0.511. The maximum Gasteiger partial charge on any atom is -0.0122 e. The summed E-state index contributed by atoms with van der Waals surface area (Å²) in [5.41, 5.74) is 8.31. The first-order chi connectivity index (χ1) is 9.43. The minimum atomic E-state index is 0.511. The van der Waals surface area contributed by atoms with Crippen LogP contribution in [0, 0.1) is 19.9 Å². The summed E-state index contributed by atoms with van der Waals surface area (Å²) in [6.45, 7) is 13.5. The van der Waals surface area contributed by atoms with Gasteiger partial charge in [-0.3, -0.25) is 0 Å². The van der Waals surface area contributed by atoms with E-state index in [0.29, 0.717) is 11.8 Å². The van der Waals surface area contributed by atoms with Crippen LogP contribution in [-0.4, -0.2) is 0 Å². The van der Waals surface area contributed by atoms with E-state index in [9.17, 15) is 0 Å². The van der Waals surface area contributed by atoms with E-state index in [4.69, 9.17) is 0 Å². The van der Waals surface area contributed by atoms with E-state index in [-0.39, 0.29) is 0 Å². The second-order valence-electron chi connectivity index (χ2n) is 6.29. The highest BCUT2D eigenvalue weighted by atomic mass is 14.2. The van der Waals surface area contributed by atoms with E-state index in [1.807, 2.05) is 0 Å². The lowest BCUT2D eigenvalue weighted by Gasteiger charge is -2.22. The van der Waals surface area contributed by atoms with Crippen molar-refractivity contribution in [2.45, 2.75) is 53.4 Å². The lowest BCUT2D eigenvalue weighted by Crippen LogP contribution is -2.03. The van der Waals surface area contributed by atoms with Crippen LogP contribution in [0.25, 0.3) is 11.1 Å². The zero-order valence-corrected chi connectivity index (χ0v) is 13.5. The van der Waals surface area contributed by atoms with Crippen molar-refractivity contribution < 1.29 is 0 Å². The predicted molar refractivity (Wildman–Crippen MR) is 88.4 cm³/mol. The molecule has 0 fully saturated rings. The molecule has 0 aromatic heterocycles. The molecule has 0 N–H and O–H groups in total. The largest absolute Gasteiger partial charge is 0.0617 e. The van der Waals surface area contributed by atoms with E-state index in [0.717, 1.165) is 0 Å². The maximum absolute atomic E-state index is 3.47. The Hall–Kier alpha value is -1.56. The fourth-order valence-corrected chi connectivity index (χ4v) is 3.08. The standard InChI is InChI=1S/C20H25/c1-13(2)17-11-8-12-18(19(17)14(3)4)20-15(5)9-7-10-16(20)6/h7-10,12-14H,1-6H3. The van der Waals surface area contributed by atoms with Crippen LogP contribution in [0.15, 0.2) is 30.3 Å². The molecule has 0 saturated carbocycles. The normalized spacial score (nSPS) is 11.4. The second kappa shape index (κ2) is 5.83.